The summed E-state index contributed by atoms with van der Waals surface area (Å²) in [6.07, 6.45) is 3.02. The molecule has 0 aliphatic carbocycles. The molecule has 2 heterocycles. The number of halogens is 1. The van der Waals surface area contributed by atoms with E-state index in [9.17, 15) is 12.8 Å². The summed E-state index contributed by atoms with van der Waals surface area (Å²) in [6, 6.07) is 2.91. The summed E-state index contributed by atoms with van der Waals surface area (Å²) < 4.78 is 43.9. The van der Waals surface area contributed by atoms with Crippen LogP contribution in [0.3, 0.4) is 0 Å². The van der Waals surface area contributed by atoms with E-state index in [-0.39, 0.29) is 18.0 Å². The Kier molecular flexibility index (Phi) is 4.16. The maximum Gasteiger partial charge on any atom is 0.245 e. The molecule has 0 fully saturated rings. The van der Waals surface area contributed by atoms with E-state index in [2.05, 4.69) is 4.98 Å². The lowest BCUT2D eigenvalue weighted by Crippen LogP contribution is -2.35. The minimum absolute atomic E-state index is 0.0469. The zero-order valence-corrected chi connectivity index (χ0v) is 11.4. The molecule has 19 heavy (non-hydrogen) atoms. The van der Waals surface area contributed by atoms with Gasteiger partial charge in [-0.15, -0.1) is 0 Å². The van der Waals surface area contributed by atoms with Gasteiger partial charge in [0.25, 0.3) is 0 Å². The summed E-state index contributed by atoms with van der Waals surface area (Å²) in [6.45, 7) is 2.34. The Labute approximate surface area is 111 Å². The molecule has 1 aromatic rings. The third kappa shape index (κ3) is 3.10. The zero-order chi connectivity index (χ0) is 13.9. The fourth-order valence-corrected chi connectivity index (χ4v) is 3.15. The first-order chi connectivity index (χ1) is 9.04. The predicted octanol–water partition coefficient (Wildman–Crippen LogP) is 1.73. The monoisotopic (exact) mass is 286 g/mol. The zero-order valence-electron chi connectivity index (χ0n) is 10.5. The molecule has 1 aromatic heterocycles. The van der Waals surface area contributed by atoms with Crippen LogP contribution < -0.4 is 4.74 Å². The van der Waals surface area contributed by atoms with E-state index in [1.54, 1.807) is 0 Å². The van der Waals surface area contributed by atoms with Crippen molar-refractivity contribution in [3.05, 3.63) is 30.2 Å². The van der Waals surface area contributed by atoms with E-state index in [4.69, 9.17) is 4.74 Å². The molecule has 0 radical (unpaired) electrons. The highest BCUT2D eigenvalue weighted by atomic mass is 32.2. The van der Waals surface area contributed by atoms with Crippen molar-refractivity contribution in [2.24, 2.45) is 0 Å². The Morgan fingerprint density at radius 3 is 2.84 bits per heavy atom. The number of hydrogen-bond donors (Lipinski definition) is 0. The molecule has 0 spiro atoms. The van der Waals surface area contributed by atoms with Crippen molar-refractivity contribution in [1.82, 2.24) is 9.29 Å². The molecular formula is C12H15FN2O3S. The van der Waals surface area contributed by atoms with Crippen molar-refractivity contribution >= 4 is 10.0 Å². The molecule has 0 aromatic carbocycles. The smallest absolute Gasteiger partial charge is 0.245 e. The second-order valence-electron chi connectivity index (χ2n) is 4.04. The van der Waals surface area contributed by atoms with Crippen LogP contribution in [0.5, 0.6) is 5.88 Å². The maximum atomic E-state index is 13.2. The summed E-state index contributed by atoms with van der Waals surface area (Å²) in [4.78, 5) is 3.96. The lowest BCUT2D eigenvalue weighted by molar-refractivity contribution is 0.326. The number of ether oxygens (including phenoxy) is 1. The molecule has 0 N–H and O–H groups in total. The van der Waals surface area contributed by atoms with Gasteiger partial charge in [0.05, 0.1) is 19.3 Å². The molecule has 0 bridgehead atoms. The third-order valence-electron chi connectivity index (χ3n) is 2.71. The minimum atomic E-state index is -3.69. The van der Waals surface area contributed by atoms with Crippen LogP contribution in [0.15, 0.2) is 35.1 Å². The van der Waals surface area contributed by atoms with Gasteiger partial charge in [-0.25, -0.2) is 17.8 Å². The Hall–Kier alpha value is -1.47. The third-order valence-corrected chi connectivity index (χ3v) is 4.54. The molecule has 0 saturated heterocycles. The molecule has 5 nitrogen and oxygen atoms in total. The standard InChI is InChI=1S/C12H15FN2O3S/c1-2-18-12-6-5-11(8-14-12)19(16,17)15-7-3-4-10(13)9-15/h4-6,8H,2-3,7,9H2,1H3. The van der Waals surface area contributed by atoms with Crippen LogP contribution in [0.1, 0.15) is 13.3 Å². The van der Waals surface area contributed by atoms with Crippen molar-refractivity contribution < 1.29 is 17.5 Å². The first kappa shape index (κ1) is 14.0. The number of nitrogens with zero attached hydrogens (tertiary/aromatic N) is 2. The molecule has 1 aliphatic rings. The van der Waals surface area contributed by atoms with Crippen LogP contribution in [-0.4, -0.2) is 37.4 Å². The number of hydrogen-bond acceptors (Lipinski definition) is 4. The quantitative estimate of drug-likeness (QED) is 0.845. The minimum Gasteiger partial charge on any atom is -0.478 e. The van der Waals surface area contributed by atoms with Crippen LogP contribution in [0, 0.1) is 0 Å². The predicted molar refractivity (Wildman–Crippen MR) is 68.0 cm³/mol. The van der Waals surface area contributed by atoms with E-state index >= 15 is 0 Å². The lowest BCUT2D eigenvalue weighted by Gasteiger charge is -2.23. The largest absolute Gasteiger partial charge is 0.478 e. The fourth-order valence-electron chi connectivity index (χ4n) is 1.78. The maximum absolute atomic E-state index is 13.2. The van der Waals surface area contributed by atoms with Gasteiger partial charge in [0.2, 0.25) is 15.9 Å². The van der Waals surface area contributed by atoms with Gasteiger partial charge in [-0.2, -0.15) is 4.31 Å². The Morgan fingerprint density at radius 1 is 1.47 bits per heavy atom. The summed E-state index contributed by atoms with van der Waals surface area (Å²) >= 11 is 0. The molecule has 0 amide bonds. The summed E-state index contributed by atoms with van der Waals surface area (Å²) in [5.74, 6) is -0.0557. The van der Waals surface area contributed by atoms with Crippen LogP contribution in [0.4, 0.5) is 4.39 Å². The van der Waals surface area contributed by atoms with Gasteiger partial charge in [0.1, 0.15) is 10.7 Å². The second-order valence-corrected chi connectivity index (χ2v) is 5.98. The van der Waals surface area contributed by atoms with Gasteiger partial charge in [0, 0.05) is 12.6 Å². The average Bonchev–Trinajstić information content (AvgIpc) is 2.40. The van der Waals surface area contributed by atoms with E-state index in [1.807, 2.05) is 6.92 Å². The van der Waals surface area contributed by atoms with Gasteiger partial charge in [-0.05, 0) is 19.4 Å². The second kappa shape index (κ2) is 5.66. The topological polar surface area (TPSA) is 59.5 Å². The average molecular weight is 286 g/mol. The highest BCUT2D eigenvalue weighted by Crippen LogP contribution is 2.21. The molecule has 0 unspecified atom stereocenters. The highest BCUT2D eigenvalue weighted by Gasteiger charge is 2.27. The van der Waals surface area contributed by atoms with Gasteiger partial charge in [-0.3, -0.25) is 0 Å². The van der Waals surface area contributed by atoms with Gasteiger partial charge in [0.15, 0.2) is 0 Å². The summed E-state index contributed by atoms with van der Waals surface area (Å²) in [7, 11) is -3.69. The van der Waals surface area contributed by atoms with Crippen LogP contribution in [-0.2, 0) is 10.0 Å². The van der Waals surface area contributed by atoms with E-state index in [1.165, 1.54) is 24.4 Å². The first-order valence-corrected chi connectivity index (χ1v) is 7.41. The van der Waals surface area contributed by atoms with E-state index in [0.717, 1.165) is 4.31 Å². The molecule has 2 rings (SSSR count). The Morgan fingerprint density at radius 2 is 2.26 bits per heavy atom. The van der Waals surface area contributed by atoms with Crippen LogP contribution in [0.2, 0.25) is 0 Å². The molecule has 7 heteroatoms. The lowest BCUT2D eigenvalue weighted by atomic mass is 10.3. The summed E-state index contributed by atoms with van der Waals surface area (Å²) in [5, 5.41) is 0. The Balaban J connectivity index is 2.22. The molecule has 0 saturated carbocycles. The number of sulfonamides is 1. The van der Waals surface area contributed by atoms with Gasteiger partial charge >= 0.3 is 0 Å². The van der Waals surface area contributed by atoms with Crippen LogP contribution >= 0.6 is 0 Å². The highest BCUT2D eigenvalue weighted by molar-refractivity contribution is 7.89. The normalized spacial score (nSPS) is 17.1. The van der Waals surface area contributed by atoms with Crippen molar-refractivity contribution in [3.8, 4) is 5.88 Å². The molecule has 0 atom stereocenters. The van der Waals surface area contributed by atoms with Gasteiger partial charge in [-0.1, -0.05) is 6.08 Å². The number of rotatable bonds is 4. The Bertz CT molecular complexity index is 569. The fraction of sp³-hybridized carbons (Fsp3) is 0.417. The van der Waals surface area contributed by atoms with Crippen molar-refractivity contribution in [1.29, 1.82) is 0 Å². The molecule has 1 aliphatic heterocycles. The van der Waals surface area contributed by atoms with Gasteiger partial charge < -0.3 is 4.74 Å². The first-order valence-electron chi connectivity index (χ1n) is 5.97. The number of aromatic nitrogens is 1. The summed E-state index contributed by atoms with van der Waals surface area (Å²) in [5.41, 5.74) is 0. The number of pyridine rings is 1. The van der Waals surface area contributed by atoms with Crippen molar-refractivity contribution in [2.45, 2.75) is 18.2 Å². The molecular weight excluding hydrogens is 271 g/mol. The van der Waals surface area contributed by atoms with Crippen LogP contribution in [0.25, 0.3) is 0 Å². The molecule has 104 valence electrons. The van der Waals surface area contributed by atoms with E-state index in [0.29, 0.717) is 18.9 Å². The van der Waals surface area contributed by atoms with Crippen molar-refractivity contribution in [3.63, 3.8) is 0 Å². The van der Waals surface area contributed by atoms with E-state index < -0.39 is 15.9 Å². The SMILES string of the molecule is CCOc1ccc(S(=O)(=O)N2CCC=C(F)C2)cn1. The van der Waals surface area contributed by atoms with Crippen molar-refractivity contribution in [2.75, 3.05) is 19.7 Å².